The van der Waals surface area contributed by atoms with E-state index in [-0.39, 0.29) is 17.6 Å². The molecule has 0 bridgehead atoms. The Morgan fingerprint density at radius 1 is 1.11 bits per heavy atom. The van der Waals surface area contributed by atoms with Gasteiger partial charge in [0.15, 0.2) is 0 Å². The Balaban J connectivity index is 1.80. The number of aromatic nitrogens is 3. The maximum Gasteiger partial charge on any atom is 0.332 e. The molecule has 2 aromatic heterocycles. The van der Waals surface area contributed by atoms with Crippen molar-refractivity contribution in [3.8, 4) is 5.88 Å². The van der Waals surface area contributed by atoms with Crippen molar-refractivity contribution in [3.63, 3.8) is 0 Å². The van der Waals surface area contributed by atoms with Crippen LogP contribution in [-0.4, -0.2) is 19.2 Å². The molecule has 3 heterocycles. The van der Waals surface area contributed by atoms with E-state index in [0.29, 0.717) is 18.7 Å². The monoisotopic (exact) mass is 373 g/mol. The van der Waals surface area contributed by atoms with Gasteiger partial charge in [0, 0.05) is 29.6 Å². The van der Waals surface area contributed by atoms with E-state index in [1.54, 1.807) is 4.57 Å². The zero-order valence-corrected chi connectivity index (χ0v) is 15.9. The summed E-state index contributed by atoms with van der Waals surface area (Å²) in [6.45, 7) is 2.62. The Morgan fingerprint density at radius 3 is 2.64 bits per heavy atom. The number of nitrogens with one attached hydrogen (secondary N) is 1. The van der Waals surface area contributed by atoms with Gasteiger partial charge >= 0.3 is 5.69 Å². The Bertz CT molecular complexity index is 1210. The molecule has 0 unspecified atom stereocenters. The topological polar surface area (TPSA) is 62.9 Å². The van der Waals surface area contributed by atoms with Crippen molar-refractivity contribution in [1.82, 2.24) is 14.1 Å². The summed E-state index contributed by atoms with van der Waals surface area (Å²) in [6.07, 6.45) is 2.38. The van der Waals surface area contributed by atoms with Crippen LogP contribution >= 0.6 is 0 Å². The molecule has 0 saturated carbocycles. The SMILES string of the molecule is CCCCn1c(O)c2n(c1=O)[C@@H](c1ccccc1)c1[nH]c3ccccc3c1C2. The van der Waals surface area contributed by atoms with Crippen LogP contribution in [0.5, 0.6) is 5.88 Å². The number of aromatic hydroxyl groups is 1. The first kappa shape index (κ1) is 16.9. The zero-order chi connectivity index (χ0) is 19.3. The van der Waals surface area contributed by atoms with E-state index in [0.717, 1.165) is 40.6 Å². The number of hydrogen-bond acceptors (Lipinski definition) is 2. The highest BCUT2D eigenvalue weighted by Gasteiger charge is 2.35. The van der Waals surface area contributed by atoms with Crippen LogP contribution < -0.4 is 5.69 Å². The van der Waals surface area contributed by atoms with Gasteiger partial charge in [-0.25, -0.2) is 4.79 Å². The van der Waals surface area contributed by atoms with Crippen molar-refractivity contribution in [2.75, 3.05) is 0 Å². The van der Waals surface area contributed by atoms with E-state index < -0.39 is 0 Å². The van der Waals surface area contributed by atoms with E-state index in [1.165, 1.54) is 4.57 Å². The fourth-order valence-corrected chi connectivity index (χ4v) is 4.44. The molecule has 0 amide bonds. The minimum atomic E-state index is -0.270. The number of para-hydroxylation sites is 1. The smallest absolute Gasteiger partial charge is 0.332 e. The lowest BCUT2D eigenvalue weighted by Crippen LogP contribution is -2.32. The number of nitrogens with zero attached hydrogens (tertiary/aromatic N) is 2. The molecule has 0 aliphatic carbocycles. The molecule has 5 rings (SSSR count). The van der Waals surface area contributed by atoms with Crippen molar-refractivity contribution < 1.29 is 5.11 Å². The highest BCUT2D eigenvalue weighted by atomic mass is 16.3. The van der Waals surface area contributed by atoms with E-state index in [1.807, 2.05) is 42.5 Å². The van der Waals surface area contributed by atoms with Crippen LogP contribution in [0.15, 0.2) is 59.4 Å². The summed E-state index contributed by atoms with van der Waals surface area (Å²) in [7, 11) is 0. The number of benzene rings is 2. The fourth-order valence-electron chi connectivity index (χ4n) is 4.44. The molecule has 0 saturated heterocycles. The van der Waals surface area contributed by atoms with Crippen molar-refractivity contribution in [2.24, 2.45) is 0 Å². The second-order valence-corrected chi connectivity index (χ2v) is 7.48. The molecular weight excluding hydrogens is 350 g/mol. The number of aromatic amines is 1. The average Bonchev–Trinajstić information content (AvgIpc) is 3.21. The zero-order valence-electron chi connectivity index (χ0n) is 15.9. The molecule has 142 valence electrons. The van der Waals surface area contributed by atoms with Gasteiger partial charge in [-0.1, -0.05) is 61.9 Å². The lowest BCUT2D eigenvalue weighted by Gasteiger charge is -2.25. The second kappa shape index (κ2) is 6.44. The van der Waals surface area contributed by atoms with Gasteiger partial charge in [-0.3, -0.25) is 9.13 Å². The van der Waals surface area contributed by atoms with Crippen LogP contribution in [0.4, 0.5) is 0 Å². The van der Waals surface area contributed by atoms with Gasteiger partial charge in [-0.05, 0) is 23.6 Å². The molecule has 1 atom stereocenters. The summed E-state index contributed by atoms with van der Waals surface area (Å²) in [4.78, 5) is 16.9. The number of imidazole rings is 1. The molecule has 0 spiro atoms. The summed E-state index contributed by atoms with van der Waals surface area (Å²) >= 11 is 0. The van der Waals surface area contributed by atoms with Crippen molar-refractivity contribution in [1.29, 1.82) is 0 Å². The molecule has 2 aromatic carbocycles. The molecule has 28 heavy (non-hydrogen) atoms. The van der Waals surface area contributed by atoms with Crippen LogP contribution in [0.2, 0.25) is 0 Å². The fraction of sp³-hybridized carbons (Fsp3) is 0.261. The van der Waals surface area contributed by atoms with Gasteiger partial charge in [0.2, 0.25) is 5.88 Å². The first-order valence-electron chi connectivity index (χ1n) is 9.88. The summed E-state index contributed by atoms with van der Waals surface area (Å²) in [5.41, 5.74) is 4.85. The lowest BCUT2D eigenvalue weighted by molar-refractivity contribution is 0.404. The van der Waals surface area contributed by atoms with Gasteiger partial charge < -0.3 is 10.1 Å². The Labute approximate surface area is 162 Å². The summed E-state index contributed by atoms with van der Waals surface area (Å²) in [6, 6.07) is 18.0. The third-order valence-corrected chi connectivity index (χ3v) is 5.81. The van der Waals surface area contributed by atoms with Crippen LogP contribution in [0, 0.1) is 0 Å². The van der Waals surface area contributed by atoms with Crippen molar-refractivity contribution in [2.45, 2.75) is 38.8 Å². The van der Waals surface area contributed by atoms with E-state index in [9.17, 15) is 9.90 Å². The van der Waals surface area contributed by atoms with Crippen LogP contribution in [0.1, 0.15) is 48.3 Å². The first-order chi connectivity index (χ1) is 13.7. The number of fused-ring (bicyclic) bond motifs is 4. The normalized spacial score (nSPS) is 15.5. The predicted molar refractivity (Wildman–Crippen MR) is 110 cm³/mol. The predicted octanol–water partition coefficient (Wildman–Crippen LogP) is 4.18. The van der Waals surface area contributed by atoms with Gasteiger partial charge in [-0.2, -0.15) is 0 Å². The molecule has 1 aliphatic heterocycles. The summed E-state index contributed by atoms with van der Waals surface area (Å²) in [5, 5.41) is 12.1. The molecule has 5 heteroatoms. The van der Waals surface area contributed by atoms with Crippen molar-refractivity contribution >= 4 is 10.9 Å². The lowest BCUT2D eigenvalue weighted by atomic mass is 9.93. The van der Waals surface area contributed by atoms with Gasteiger partial charge in [0.25, 0.3) is 0 Å². The summed E-state index contributed by atoms with van der Waals surface area (Å²) < 4.78 is 3.31. The van der Waals surface area contributed by atoms with Gasteiger partial charge in [0.05, 0.1) is 5.69 Å². The number of H-pyrrole nitrogens is 1. The Hall–Kier alpha value is -3.21. The molecular formula is C23H23N3O2. The first-order valence-corrected chi connectivity index (χ1v) is 9.88. The maximum atomic E-state index is 13.3. The third-order valence-electron chi connectivity index (χ3n) is 5.81. The largest absolute Gasteiger partial charge is 0.493 e. The standard InChI is InChI=1S/C23H23N3O2/c1-2-3-13-25-22(27)19-14-17-16-11-7-8-12-18(16)24-20(17)21(26(19)23(25)28)15-9-5-4-6-10-15/h4-12,21,24,27H,2-3,13-14H2,1H3/t21-/m0/s1. The maximum absolute atomic E-state index is 13.3. The molecule has 1 aliphatic rings. The Kier molecular flexibility index (Phi) is 3.90. The number of unbranched alkanes of at least 4 members (excludes halogenated alkanes) is 1. The highest BCUT2D eigenvalue weighted by Crippen LogP contribution is 2.40. The second-order valence-electron chi connectivity index (χ2n) is 7.48. The minimum absolute atomic E-state index is 0.107. The van der Waals surface area contributed by atoms with Gasteiger partial charge in [0.1, 0.15) is 6.04 Å². The minimum Gasteiger partial charge on any atom is -0.493 e. The number of rotatable bonds is 4. The van der Waals surface area contributed by atoms with Crippen LogP contribution in [0.25, 0.3) is 10.9 Å². The molecule has 2 N–H and O–H groups in total. The molecule has 0 fully saturated rings. The third kappa shape index (κ3) is 2.35. The van der Waals surface area contributed by atoms with Gasteiger partial charge in [-0.15, -0.1) is 0 Å². The van der Waals surface area contributed by atoms with Crippen LogP contribution in [-0.2, 0) is 13.0 Å². The molecule has 4 aromatic rings. The highest BCUT2D eigenvalue weighted by molar-refractivity contribution is 5.86. The Morgan fingerprint density at radius 2 is 1.86 bits per heavy atom. The van der Waals surface area contributed by atoms with Crippen LogP contribution in [0.3, 0.4) is 0 Å². The average molecular weight is 373 g/mol. The van der Waals surface area contributed by atoms with E-state index in [4.69, 9.17) is 0 Å². The number of hydrogen-bond donors (Lipinski definition) is 2. The van der Waals surface area contributed by atoms with E-state index in [2.05, 4.69) is 24.0 Å². The van der Waals surface area contributed by atoms with E-state index >= 15 is 0 Å². The molecule has 0 radical (unpaired) electrons. The summed E-state index contributed by atoms with van der Waals surface area (Å²) in [5.74, 6) is 0.107. The quantitative estimate of drug-likeness (QED) is 0.496. The van der Waals surface area contributed by atoms with Crippen molar-refractivity contribution in [3.05, 3.63) is 87.6 Å². The molecule has 5 nitrogen and oxygen atoms in total.